The maximum Gasteiger partial charge on any atom is 0.335 e. The van der Waals surface area contributed by atoms with Gasteiger partial charge in [-0.05, 0) is 72.8 Å². The first-order valence-corrected chi connectivity index (χ1v) is 9.44. The van der Waals surface area contributed by atoms with E-state index in [0.717, 1.165) is 11.4 Å². The second-order valence-corrected chi connectivity index (χ2v) is 7.91. The number of aromatic carboxylic acids is 1. The summed E-state index contributed by atoms with van der Waals surface area (Å²) in [6, 6.07) is 14.1. The Morgan fingerprint density at radius 2 is 1.92 bits per heavy atom. The first-order chi connectivity index (χ1) is 12.7. The zero-order valence-corrected chi connectivity index (χ0v) is 14.8. The summed E-state index contributed by atoms with van der Waals surface area (Å²) in [5.74, 6) is 2.40. The van der Waals surface area contributed by atoms with Gasteiger partial charge >= 0.3 is 5.97 Å². The summed E-state index contributed by atoms with van der Waals surface area (Å²) in [4.78, 5) is 11.5. The number of nitrogens with one attached hydrogen (secondary N) is 1. The number of benzene rings is 2. The predicted octanol–water partition coefficient (Wildman–Crippen LogP) is 4.69. The minimum atomic E-state index is -0.848. The van der Waals surface area contributed by atoms with Crippen molar-refractivity contribution in [1.29, 1.82) is 0 Å². The molecule has 4 heteroatoms. The molecule has 26 heavy (non-hydrogen) atoms. The highest BCUT2D eigenvalue weighted by Gasteiger charge is 2.54. The molecule has 0 amide bonds. The molecular weight excluding hydrogens is 326 g/mol. The molecule has 0 aromatic heterocycles. The van der Waals surface area contributed by atoms with Crippen molar-refractivity contribution >= 4 is 11.7 Å². The zero-order chi connectivity index (χ0) is 17.8. The molecule has 134 valence electrons. The molecule has 0 spiro atoms. The van der Waals surface area contributed by atoms with Crippen LogP contribution in [0.1, 0.15) is 52.7 Å². The fourth-order valence-electron chi connectivity index (χ4n) is 5.85. The van der Waals surface area contributed by atoms with Gasteiger partial charge in [0, 0.05) is 11.3 Å². The molecule has 0 radical (unpaired) electrons. The summed E-state index contributed by atoms with van der Waals surface area (Å²) in [5, 5.41) is 13.2. The molecule has 2 N–H and O–H groups in total. The Kier molecular flexibility index (Phi) is 3.49. The normalized spacial score (nSPS) is 31.0. The molecule has 2 saturated carbocycles. The second kappa shape index (κ2) is 5.76. The van der Waals surface area contributed by atoms with Crippen LogP contribution in [0.2, 0.25) is 0 Å². The number of carboxylic acid groups (broad SMARTS) is 1. The Labute approximate surface area is 153 Å². The summed E-state index contributed by atoms with van der Waals surface area (Å²) in [5.41, 5.74) is 3.89. The number of methoxy groups -OCH3 is 1. The van der Waals surface area contributed by atoms with Crippen LogP contribution in [0.5, 0.6) is 5.75 Å². The van der Waals surface area contributed by atoms with E-state index >= 15 is 0 Å². The summed E-state index contributed by atoms with van der Waals surface area (Å²) in [6.45, 7) is 0. The molecule has 2 aliphatic carbocycles. The highest BCUT2D eigenvalue weighted by atomic mass is 16.5. The van der Waals surface area contributed by atoms with Crippen molar-refractivity contribution in [2.45, 2.75) is 31.2 Å². The molecule has 3 aliphatic rings. The van der Waals surface area contributed by atoms with E-state index in [9.17, 15) is 9.90 Å². The van der Waals surface area contributed by atoms with Gasteiger partial charge in [0.2, 0.25) is 0 Å². The van der Waals surface area contributed by atoms with Crippen LogP contribution < -0.4 is 10.1 Å². The molecular formula is C22H23NO3. The van der Waals surface area contributed by atoms with Crippen LogP contribution in [0, 0.1) is 17.8 Å². The zero-order valence-electron chi connectivity index (χ0n) is 14.8. The number of rotatable bonds is 3. The highest BCUT2D eigenvalue weighted by molar-refractivity contribution is 5.88. The molecule has 2 aromatic rings. The highest BCUT2D eigenvalue weighted by Crippen LogP contribution is 2.64. The molecule has 2 aromatic carbocycles. The van der Waals surface area contributed by atoms with E-state index in [1.54, 1.807) is 13.2 Å². The van der Waals surface area contributed by atoms with E-state index < -0.39 is 5.97 Å². The number of carbonyl (C=O) groups is 1. The number of fused-ring (bicyclic) bond motifs is 7. The van der Waals surface area contributed by atoms with Gasteiger partial charge < -0.3 is 15.2 Å². The first kappa shape index (κ1) is 15.7. The number of carboxylic acids is 1. The van der Waals surface area contributed by atoms with Crippen molar-refractivity contribution in [2.24, 2.45) is 17.8 Å². The lowest BCUT2D eigenvalue weighted by molar-refractivity contribution is 0.0696. The SMILES string of the molecule is COc1ccccc1[C@@H]1Nc2ccc(C(=O)O)cc2[C@H]2[C@H]3CC[C@@H](C3)[C@@H]21. The number of hydrogen-bond acceptors (Lipinski definition) is 3. The van der Waals surface area contributed by atoms with E-state index in [0.29, 0.717) is 29.2 Å². The van der Waals surface area contributed by atoms with E-state index in [4.69, 9.17) is 4.74 Å². The van der Waals surface area contributed by atoms with Crippen LogP contribution >= 0.6 is 0 Å². The number of ether oxygens (including phenoxy) is 1. The molecule has 0 unspecified atom stereocenters. The summed E-state index contributed by atoms with van der Waals surface area (Å²) in [7, 11) is 1.73. The van der Waals surface area contributed by atoms with Crippen LogP contribution in [0.15, 0.2) is 42.5 Å². The lowest BCUT2D eigenvalue weighted by atomic mass is 9.67. The molecule has 5 rings (SSSR count). The maximum atomic E-state index is 11.5. The lowest BCUT2D eigenvalue weighted by Gasteiger charge is -2.43. The van der Waals surface area contributed by atoms with E-state index in [1.165, 1.54) is 30.4 Å². The van der Waals surface area contributed by atoms with E-state index in [1.807, 2.05) is 24.3 Å². The van der Waals surface area contributed by atoms with Gasteiger partial charge in [-0.3, -0.25) is 0 Å². The van der Waals surface area contributed by atoms with Crippen molar-refractivity contribution < 1.29 is 14.6 Å². The molecule has 0 saturated heterocycles. The van der Waals surface area contributed by atoms with Gasteiger partial charge in [-0.25, -0.2) is 4.79 Å². The van der Waals surface area contributed by atoms with Gasteiger partial charge in [-0.1, -0.05) is 18.2 Å². The molecule has 1 heterocycles. The third-order valence-corrected chi connectivity index (χ3v) is 6.81. The third-order valence-electron chi connectivity index (χ3n) is 6.81. The van der Waals surface area contributed by atoms with Crippen molar-refractivity contribution in [3.8, 4) is 5.75 Å². The van der Waals surface area contributed by atoms with Gasteiger partial charge in [0.05, 0.1) is 18.7 Å². The minimum absolute atomic E-state index is 0.217. The largest absolute Gasteiger partial charge is 0.496 e. The quantitative estimate of drug-likeness (QED) is 0.844. The maximum absolute atomic E-state index is 11.5. The summed E-state index contributed by atoms with van der Waals surface area (Å²) >= 11 is 0. The van der Waals surface area contributed by atoms with Crippen molar-refractivity contribution in [2.75, 3.05) is 12.4 Å². The fraction of sp³-hybridized carbons (Fsp3) is 0.409. The predicted molar refractivity (Wildman–Crippen MR) is 99.8 cm³/mol. The summed E-state index contributed by atoms with van der Waals surface area (Å²) in [6.07, 6.45) is 3.81. The Morgan fingerprint density at radius 1 is 1.12 bits per heavy atom. The average molecular weight is 349 g/mol. The second-order valence-electron chi connectivity index (χ2n) is 7.91. The third kappa shape index (κ3) is 2.17. The van der Waals surface area contributed by atoms with Gasteiger partial charge in [-0.15, -0.1) is 0 Å². The van der Waals surface area contributed by atoms with Crippen LogP contribution in [0.4, 0.5) is 5.69 Å². The van der Waals surface area contributed by atoms with Crippen LogP contribution in [0.25, 0.3) is 0 Å². The Balaban J connectivity index is 1.65. The minimum Gasteiger partial charge on any atom is -0.496 e. The number of para-hydroxylation sites is 1. The van der Waals surface area contributed by atoms with Crippen LogP contribution in [0.3, 0.4) is 0 Å². The van der Waals surface area contributed by atoms with Crippen molar-refractivity contribution in [1.82, 2.24) is 0 Å². The Morgan fingerprint density at radius 3 is 2.73 bits per heavy atom. The summed E-state index contributed by atoms with van der Waals surface area (Å²) < 4.78 is 5.65. The van der Waals surface area contributed by atoms with Crippen molar-refractivity contribution in [3.05, 3.63) is 59.2 Å². The Bertz CT molecular complexity index is 877. The standard InChI is InChI=1S/C22H23NO3/c1-26-18-5-3-2-4-15(18)21-20-13-7-6-12(10-13)19(20)16-11-14(22(24)25)8-9-17(16)23-21/h2-5,8-9,11-13,19-21,23H,6-7,10H2,1H3,(H,24,25)/t12-,13-,19+,20-,21-/m0/s1. The number of hydrogen-bond donors (Lipinski definition) is 2. The van der Waals surface area contributed by atoms with Gasteiger partial charge in [0.25, 0.3) is 0 Å². The van der Waals surface area contributed by atoms with Gasteiger partial charge in [-0.2, -0.15) is 0 Å². The van der Waals surface area contributed by atoms with E-state index in [2.05, 4.69) is 17.4 Å². The van der Waals surface area contributed by atoms with Crippen LogP contribution in [-0.2, 0) is 0 Å². The molecule has 1 aliphatic heterocycles. The molecule has 2 fully saturated rings. The lowest BCUT2D eigenvalue weighted by Crippen LogP contribution is -2.35. The fourth-order valence-corrected chi connectivity index (χ4v) is 5.85. The Hall–Kier alpha value is -2.49. The monoisotopic (exact) mass is 349 g/mol. The number of anilines is 1. The average Bonchev–Trinajstić information content (AvgIpc) is 3.29. The smallest absolute Gasteiger partial charge is 0.335 e. The molecule has 5 atom stereocenters. The van der Waals surface area contributed by atoms with E-state index in [-0.39, 0.29) is 6.04 Å². The molecule has 4 nitrogen and oxygen atoms in total. The van der Waals surface area contributed by atoms with Crippen molar-refractivity contribution in [3.63, 3.8) is 0 Å². The van der Waals surface area contributed by atoms with Gasteiger partial charge in [0.1, 0.15) is 5.75 Å². The molecule has 2 bridgehead atoms. The first-order valence-electron chi connectivity index (χ1n) is 9.44. The van der Waals surface area contributed by atoms with Crippen LogP contribution in [-0.4, -0.2) is 18.2 Å². The topological polar surface area (TPSA) is 58.6 Å². The van der Waals surface area contributed by atoms with Gasteiger partial charge in [0.15, 0.2) is 0 Å².